The van der Waals surface area contributed by atoms with Gasteiger partial charge in [0.1, 0.15) is 6.04 Å². The maximum atomic E-state index is 12.2. The Labute approximate surface area is 130 Å². The largest absolute Gasteiger partial charge is 0.480 e. The lowest BCUT2D eigenvalue weighted by Crippen LogP contribution is -2.40. The average Bonchev–Trinajstić information content (AvgIpc) is 2.35. The highest BCUT2D eigenvalue weighted by atomic mass is 32.2. The molecule has 0 aliphatic rings. The van der Waals surface area contributed by atoms with Gasteiger partial charge in [0.15, 0.2) is 0 Å². The van der Waals surface area contributed by atoms with Gasteiger partial charge in [-0.2, -0.15) is 0 Å². The summed E-state index contributed by atoms with van der Waals surface area (Å²) in [6, 6.07) is -0.955. The van der Waals surface area contributed by atoms with Crippen molar-refractivity contribution in [2.75, 3.05) is 24.6 Å². The highest BCUT2D eigenvalue weighted by Crippen LogP contribution is 2.09. The number of amides is 2. The van der Waals surface area contributed by atoms with Crippen LogP contribution < -0.4 is 5.32 Å². The summed E-state index contributed by atoms with van der Waals surface area (Å²) in [4.78, 5) is 35.2. The van der Waals surface area contributed by atoms with Gasteiger partial charge < -0.3 is 15.3 Å². The molecule has 0 bridgehead atoms. The second-order valence-electron chi connectivity index (χ2n) is 5.78. The predicted molar refractivity (Wildman–Crippen MR) is 84.2 cm³/mol. The highest BCUT2D eigenvalue weighted by molar-refractivity contribution is 8.00. The third-order valence-corrected chi connectivity index (χ3v) is 3.62. The number of thioether (sulfide) groups is 1. The van der Waals surface area contributed by atoms with E-state index in [2.05, 4.69) is 33.0 Å². The van der Waals surface area contributed by atoms with Gasteiger partial charge in [0.05, 0.1) is 5.75 Å². The molecule has 7 heteroatoms. The minimum Gasteiger partial charge on any atom is -0.480 e. The van der Waals surface area contributed by atoms with Gasteiger partial charge in [-0.1, -0.05) is 27.7 Å². The van der Waals surface area contributed by atoms with E-state index >= 15 is 0 Å². The van der Waals surface area contributed by atoms with Crippen molar-refractivity contribution in [2.24, 2.45) is 11.8 Å². The fourth-order valence-corrected chi connectivity index (χ4v) is 2.74. The van der Waals surface area contributed by atoms with Gasteiger partial charge in [-0.25, -0.2) is 4.79 Å². The van der Waals surface area contributed by atoms with Crippen LogP contribution in [0.4, 0.5) is 0 Å². The second kappa shape index (κ2) is 10.5. The fraction of sp³-hybridized carbons (Fsp3) is 0.786. The zero-order valence-corrected chi connectivity index (χ0v) is 14.0. The van der Waals surface area contributed by atoms with Crippen LogP contribution in [0.2, 0.25) is 0 Å². The summed E-state index contributed by atoms with van der Waals surface area (Å²) in [6.07, 6.45) is 0.366. The Morgan fingerprint density at radius 1 is 1.19 bits per heavy atom. The molecule has 0 saturated heterocycles. The maximum Gasteiger partial charge on any atom is 0.327 e. The molecule has 2 amide bonds. The molecule has 6 nitrogen and oxygen atoms in total. The van der Waals surface area contributed by atoms with Crippen LogP contribution in [0.5, 0.6) is 0 Å². The standard InChI is InChI=1S/C14H26N2O4S/c1-10(2)5-16(6-11(3)4)13(18)8-21-7-12(14(19)20)15-9-17/h9-12H,5-8H2,1-4H3,(H,15,17)(H,19,20). The summed E-state index contributed by atoms with van der Waals surface area (Å²) >= 11 is 1.23. The van der Waals surface area contributed by atoms with Crippen molar-refractivity contribution in [3.63, 3.8) is 0 Å². The van der Waals surface area contributed by atoms with Gasteiger partial charge in [-0.3, -0.25) is 9.59 Å². The number of hydrogen-bond acceptors (Lipinski definition) is 4. The Hall–Kier alpha value is -1.24. The van der Waals surface area contributed by atoms with Crippen LogP contribution >= 0.6 is 11.8 Å². The number of carboxylic acid groups (broad SMARTS) is 1. The number of aliphatic carboxylic acids is 1. The summed E-state index contributed by atoms with van der Waals surface area (Å²) in [5, 5.41) is 11.1. The fourth-order valence-electron chi connectivity index (χ4n) is 1.79. The van der Waals surface area contributed by atoms with Crippen LogP contribution in [0.1, 0.15) is 27.7 Å². The molecule has 0 aliphatic heterocycles. The first-order valence-electron chi connectivity index (χ1n) is 7.05. The molecule has 21 heavy (non-hydrogen) atoms. The normalized spacial score (nSPS) is 12.3. The first-order valence-corrected chi connectivity index (χ1v) is 8.21. The summed E-state index contributed by atoms with van der Waals surface area (Å²) < 4.78 is 0. The Kier molecular flexibility index (Phi) is 9.86. The molecule has 0 aromatic carbocycles. The Balaban J connectivity index is 4.34. The highest BCUT2D eigenvalue weighted by Gasteiger charge is 2.19. The van der Waals surface area contributed by atoms with E-state index in [1.165, 1.54) is 11.8 Å². The lowest BCUT2D eigenvalue weighted by molar-refractivity contribution is -0.139. The molecule has 0 heterocycles. The second-order valence-corrected chi connectivity index (χ2v) is 6.81. The summed E-state index contributed by atoms with van der Waals surface area (Å²) in [5.74, 6) is 0.101. The van der Waals surface area contributed by atoms with Gasteiger partial charge in [-0.15, -0.1) is 11.8 Å². The average molecular weight is 318 g/mol. The molecule has 1 unspecified atom stereocenters. The van der Waals surface area contributed by atoms with E-state index < -0.39 is 12.0 Å². The smallest absolute Gasteiger partial charge is 0.327 e. The molecule has 0 fully saturated rings. The summed E-state index contributed by atoms with van der Waals surface area (Å²) in [6.45, 7) is 9.63. The van der Waals surface area contributed by atoms with E-state index in [0.717, 1.165) is 0 Å². The summed E-state index contributed by atoms with van der Waals surface area (Å²) in [5.41, 5.74) is 0. The van der Waals surface area contributed by atoms with Crippen LogP contribution in [0.3, 0.4) is 0 Å². The number of nitrogens with one attached hydrogen (secondary N) is 1. The molecule has 0 radical (unpaired) electrons. The zero-order chi connectivity index (χ0) is 16.4. The molecule has 0 saturated carbocycles. The minimum atomic E-state index is -1.09. The third kappa shape index (κ3) is 9.33. The molecule has 0 aromatic heterocycles. The molecule has 2 N–H and O–H groups in total. The lowest BCUT2D eigenvalue weighted by atomic mass is 10.1. The van der Waals surface area contributed by atoms with Crippen molar-refractivity contribution >= 4 is 30.0 Å². The number of carbonyl (C=O) groups is 3. The van der Waals surface area contributed by atoms with E-state index in [-0.39, 0.29) is 17.4 Å². The predicted octanol–water partition coefficient (Wildman–Crippen LogP) is 1.06. The molecule has 1 atom stereocenters. The van der Waals surface area contributed by atoms with E-state index in [1.807, 2.05) is 4.90 Å². The molecule has 0 aliphatic carbocycles. The van der Waals surface area contributed by atoms with Gasteiger partial charge in [0.25, 0.3) is 0 Å². The molecule has 0 aromatic rings. The van der Waals surface area contributed by atoms with Gasteiger partial charge >= 0.3 is 5.97 Å². The molecule has 0 spiro atoms. The van der Waals surface area contributed by atoms with E-state index in [9.17, 15) is 14.4 Å². The topological polar surface area (TPSA) is 86.7 Å². The van der Waals surface area contributed by atoms with E-state index in [0.29, 0.717) is 31.3 Å². The zero-order valence-electron chi connectivity index (χ0n) is 13.2. The maximum absolute atomic E-state index is 12.2. The Bertz CT molecular complexity index is 338. The lowest BCUT2D eigenvalue weighted by Gasteiger charge is -2.26. The van der Waals surface area contributed by atoms with E-state index in [1.54, 1.807) is 0 Å². The van der Waals surface area contributed by atoms with Crippen LogP contribution in [-0.4, -0.2) is 58.9 Å². The molecule has 0 rings (SSSR count). The van der Waals surface area contributed by atoms with Crippen LogP contribution in [0, 0.1) is 11.8 Å². The van der Waals surface area contributed by atoms with Crippen molar-refractivity contribution in [3.8, 4) is 0 Å². The monoisotopic (exact) mass is 318 g/mol. The minimum absolute atomic E-state index is 0.0117. The van der Waals surface area contributed by atoms with Gasteiger partial charge in [0, 0.05) is 18.8 Å². The number of hydrogen-bond donors (Lipinski definition) is 2. The molecular weight excluding hydrogens is 292 g/mol. The van der Waals surface area contributed by atoms with Crippen molar-refractivity contribution in [3.05, 3.63) is 0 Å². The van der Waals surface area contributed by atoms with Crippen LogP contribution in [0.25, 0.3) is 0 Å². The molecular formula is C14H26N2O4S. The number of nitrogens with zero attached hydrogens (tertiary/aromatic N) is 1. The van der Waals surface area contributed by atoms with Crippen molar-refractivity contribution in [1.82, 2.24) is 10.2 Å². The van der Waals surface area contributed by atoms with Crippen molar-refractivity contribution in [2.45, 2.75) is 33.7 Å². The quantitative estimate of drug-likeness (QED) is 0.556. The Morgan fingerprint density at radius 2 is 1.71 bits per heavy atom. The summed E-state index contributed by atoms with van der Waals surface area (Å²) in [7, 11) is 0. The van der Waals surface area contributed by atoms with E-state index in [4.69, 9.17) is 5.11 Å². The van der Waals surface area contributed by atoms with Crippen LogP contribution in [-0.2, 0) is 14.4 Å². The van der Waals surface area contributed by atoms with Crippen LogP contribution in [0.15, 0.2) is 0 Å². The first kappa shape index (κ1) is 19.8. The SMILES string of the molecule is CC(C)CN(CC(C)C)C(=O)CSCC(NC=O)C(=O)O. The van der Waals surface area contributed by atoms with Gasteiger partial charge in [0.2, 0.25) is 12.3 Å². The first-order chi connectivity index (χ1) is 9.77. The van der Waals surface area contributed by atoms with Crippen molar-refractivity contribution in [1.29, 1.82) is 0 Å². The number of carboxylic acids is 1. The molecule has 122 valence electrons. The number of rotatable bonds is 11. The van der Waals surface area contributed by atoms with Crippen molar-refractivity contribution < 1.29 is 19.5 Å². The number of carbonyl (C=O) groups excluding carboxylic acids is 2. The Morgan fingerprint density at radius 3 is 2.10 bits per heavy atom. The third-order valence-electron chi connectivity index (χ3n) is 2.60. The van der Waals surface area contributed by atoms with Gasteiger partial charge in [-0.05, 0) is 11.8 Å².